The van der Waals surface area contributed by atoms with Crippen LogP contribution in [0.25, 0.3) is 16.5 Å². The highest BCUT2D eigenvalue weighted by molar-refractivity contribution is 9.10. The van der Waals surface area contributed by atoms with Crippen LogP contribution in [0.5, 0.6) is 0 Å². The third-order valence-electron chi connectivity index (χ3n) is 3.04. The Hall–Kier alpha value is -1.94. The molecule has 0 spiro atoms. The highest BCUT2D eigenvalue weighted by atomic mass is 79.9. The summed E-state index contributed by atoms with van der Waals surface area (Å²) in [5.41, 5.74) is 1.81. The van der Waals surface area contributed by atoms with Crippen LogP contribution in [0.2, 0.25) is 0 Å². The van der Waals surface area contributed by atoms with Gasteiger partial charge in [-0.1, -0.05) is 35.9 Å². The molecule has 0 aliphatic heterocycles. The third kappa shape index (κ3) is 2.08. The van der Waals surface area contributed by atoms with E-state index in [4.69, 9.17) is 0 Å². The molecule has 3 nitrogen and oxygen atoms in total. The lowest BCUT2D eigenvalue weighted by Gasteiger charge is -2.08. The first-order valence-corrected chi connectivity index (χ1v) is 6.71. The van der Waals surface area contributed by atoms with Crippen molar-refractivity contribution in [1.29, 1.82) is 0 Å². The van der Waals surface area contributed by atoms with Crippen molar-refractivity contribution in [2.75, 3.05) is 0 Å². The number of rotatable bonds is 1. The van der Waals surface area contributed by atoms with Crippen molar-refractivity contribution >= 4 is 26.7 Å². The van der Waals surface area contributed by atoms with Crippen LogP contribution < -0.4 is 5.56 Å². The summed E-state index contributed by atoms with van der Waals surface area (Å²) in [6, 6.07) is 15.2. The molecule has 0 radical (unpaired) electrons. The zero-order valence-corrected chi connectivity index (χ0v) is 11.9. The highest BCUT2D eigenvalue weighted by Crippen LogP contribution is 2.19. The molecule has 0 atom stereocenters. The smallest absolute Gasteiger partial charge is 0.267 e. The summed E-state index contributed by atoms with van der Waals surface area (Å²) in [6.07, 6.45) is 0. The Morgan fingerprint density at radius 2 is 1.63 bits per heavy atom. The predicted molar refractivity (Wildman–Crippen MR) is 79.8 cm³/mol. The maximum Gasteiger partial charge on any atom is 0.279 e. The fraction of sp³-hybridized carbons (Fsp3) is 0.0667. The van der Waals surface area contributed by atoms with Crippen molar-refractivity contribution in [3.8, 4) is 5.69 Å². The van der Waals surface area contributed by atoms with Crippen LogP contribution in [0.15, 0.2) is 57.9 Å². The molecular weight excluding hydrogens is 304 g/mol. The first kappa shape index (κ1) is 12.1. The molecule has 19 heavy (non-hydrogen) atoms. The Morgan fingerprint density at radius 3 is 2.32 bits per heavy atom. The average molecular weight is 315 g/mol. The standard InChI is InChI=1S/C15H11BrN2O/c1-10-6-8-11(9-7-10)18-15(19)13-5-3-2-4-12(13)14(16)17-18/h2-9H,1H3. The van der Waals surface area contributed by atoms with Crippen LogP contribution in [0.4, 0.5) is 0 Å². The summed E-state index contributed by atoms with van der Waals surface area (Å²) in [7, 11) is 0. The summed E-state index contributed by atoms with van der Waals surface area (Å²) in [5, 5.41) is 5.81. The monoisotopic (exact) mass is 314 g/mol. The van der Waals surface area contributed by atoms with Gasteiger partial charge in [0, 0.05) is 5.39 Å². The van der Waals surface area contributed by atoms with Crippen molar-refractivity contribution in [1.82, 2.24) is 9.78 Å². The molecule has 0 aliphatic carbocycles. The minimum absolute atomic E-state index is 0.109. The van der Waals surface area contributed by atoms with Crippen molar-refractivity contribution in [2.45, 2.75) is 6.92 Å². The van der Waals surface area contributed by atoms with Gasteiger partial charge in [0.25, 0.3) is 5.56 Å². The second kappa shape index (κ2) is 4.63. The molecule has 1 aromatic heterocycles. The van der Waals surface area contributed by atoms with Crippen LogP contribution in [0.3, 0.4) is 0 Å². The van der Waals surface area contributed by atoms with Crippen molar-refractivity contribution < 1.29 is 0 Å². The lowest BCUT2D eigenvalue weighted by Crippen LogP contribution is -2.21. The zero-order valence-electron chi connectivity index (χ0n) is 10.3. The Kier molecular flexibility index (Phi) is 2.95. The van der Waals surface area contributed by atoms with Crippen LogP contribution in [-0.4, -0.2) is 9.78 Å². The van der Waals surface area contributed by atoms with E-state index in [0.29, 0.717) is 9.99 Å². The topological polar surface area (TPSA) is 34.9 Å². The molecule has 0 unspecified atom stereocenters. The van der Waals surface area contributed by atoms with Gasteiger partial charge in [-0.3, -0.25) is 4.79 Å². The lowest BCUT2D eigenvalue weighted by molar-refractivity contribution is 0.808. The molecule has 4 heteroatoms. The number of benzene rings is 2. The highest BCUT2D eigenvalue weighted by Gasteiger charge is 2.09. The third-order valence-corrected chi connectivity index (χ3v) is 3.62. The number of halogens is 1. The zero-order chi connectivity index (χ0) is 13.4. The second-order valence-corrected chi connectivity index (χ2v) is 5.14. The fourth-order valence-corrected chi connectivity index (χ4v) is 2.52. The van der Waals surface area contributed by atoms with Gasteiger partial charge in [0.2, 0.25) is 0 Å². The fourth-order valence-electron chi connectivity index (χ4n) is 2.01. The maximum atomic E-state index is 12.4. The van der Waals surface area contributed by atoms with Gasteiger partial charge in [-0.05, 0) is 41.1 Å². The summed E-state index contributed by atoms with van der Waals surface area (Å²) in [5.74, 6) is 0. The number of nitrogens with zero attached hydrogens (tertiary/aromatic N) is 2. The normalized spacial score (nSPS) is 10.8. The number of hydrogen-bond donors (Lipinski definition) is 0. The molecule has 2 aromatic carbocycles. The van der Waals surface area contributed by atoms with Gasteiger partial charge in [0.15, 0.2) is 0 Å². The van der Waals surface area contributed by atoms with Crippen molar-refractivity contribution in [2.24, 2.45) is 0 Å². The Labute approximate surface area is 118 Å². The van der Waals surface area contributed by atoms with E-state index in [2.05, 4.69) is 21.0 Å². The Balaban J connectivity index is 2.34. The number of aromatic nitrogens is 2. The second-order valence-electron chi connectivity index (χ2n) is 4.39. The van der Waals surface area contributed by atoms with Crippen LogP contribution in [0.1, 0.15) is 5.56 Å². The molecule has 0 saturated carbocycles. The summed E-state index contributed by atoms with van der Waals surface area (Å²) < 4.78 is 2.09. The Bertz CT molecular complexity index is 806. The predicted octanol–water partition coefficient (Wildman–Crippen LogP) is 3.46. The van der Waals surface area contributed by atoms with E-state index in [1.54, 1.807) is 0 Å². The maximum absolute atomic E-state index is 12.4. The van der Waals surface area contributed by atoms with Crippen molar-refractivity contribution in [3.63, 3.8) is 0 Å². The number of aryl methyl sites for hydroxylation is 1. The van der Waals surface area contributed by atoms with Gasteiger partial charge in [0.1, 0.15) is 4.60 Å². The van der Waals surface area contributed by atoms with Gasteiger partial charge in [-0.15, -0.1) is 0 Å². The molecule has 0 bridgehead atoms. The summed E-state index contributed by atoms with van der Waals surface area (Å²) >= 11 is 3.42. The number of hydrogen-bond acceptors (Lipinski definition) is 2. The van der Waals surface area contributed by atoms with E-state index in [0.717, 1.165) is 16.6 Å². The molecule has 1 heterocycles. The van der Waals surface area contributed by atoms with E-state index in [1.807, 2.05) is 55.5 Å². The molecule has 0 saturated heterocycles. The van der Waals surface area contributed by atoms with Gasteiger partial charge in [0.05, 0.1) is 11.1 Å². The van der Waals surface area contributed by atoms with Gasteiger partial charge in [-0.2, -0.15) is 9.78 Å². The molecule has 3 aromatic rings. The van der Waals surface area contributed by atoms with Gasteiger partial charge < -0.3 is 0 Å². The van der Waals surface area contributed by atoms with Gasteiger partial charge in [-0.25, -0.2) is 0 Å². The van der Waals surface area contributed by atoms with Crippen LogP contribution in [-0.2, 0) is 0 Å². The molecule has 0 fully saturated rings. The van der Waals surface area contributed by atoms with Crippen molar-refractivity contribution in [3.05, 3.63) is 69.1 Å². The first-order chi connectivity index (χ1) is 9.16. The van der Waals surface area contributed by atoms with E-state index < -0.39 is 0 Å². The summed E-state index contributed by atoms with van der Waals surface area (Å²) in [4.78, 5) is 12.4. The molecule has 3 rings (SSSR count). The Morgan fingerprint density at radius 1 is 1.00 bits per heavy atom. The molecule has 0 amide bonds. The van der Waals surface area contributed by atoms with E-state index in [1.165, 1.54) is 4.68 Å². The number of fused-ring (bicyclic) bond motifs is 1. The molecular formula is C15H11BrN2O. The SMILES string of the molecule is Cc1ccc(-n2nc(Br)c3ccccc3c2=O)cc1. The van der Waals surface area contributed by atoms with E-state index in [-0.39, 0.29) is 5.56 Å². The largest absolute Gasteiger partial charge is 0.279 e. The summed E-state index contributed by atoms with van der Waals surface area (Å²) in [6.45, 7) is 2.01. The van der Waals surface area contributed by atoms with Crippen LogP contribution >= 0.6 is 15.9 Å². The lowest BCUT2D eigenvalue weighted by atomic mass is 10.2. The molecule has 0 N–H and O–H groups in total. The minimum Gasteiger partial charge on any atom is -0.267 e. The quantitative estimate of drug-likeness (QED) is 0.689. The van der Waals surface area contributed by atoms with E-state index >= 15 is 0 Å². The average Bonchev–Trinajstić information content (AvgIpc) is 2.44. The molecule has 94 valence electrons. The molecule has 0 aliphatic rings. The minimum atomic E-state index is -0.109. The van der Waals surface area contributed by atoms with Crippen LogP contribution in [0, 0.1) is 6.92 Å². The van der Waals surface area contributed by atoms with Gasteiger partial charge >= 0.3 is 0 Å². The van der Waals surface area contributed by atoms with E-state index in [9.17, 15) is 4.79 Å². The first-order valence-electron chi connectivity index (χ1n) is 5.91.